The molecule has 0 saturated carbocycles. The number of hydrogen-bond acceptors (Lipinski definition) is 4. The molecular weight excluding hydrogens is 378 g/mol. The quantitative estimate of drug-likeness (QED) is 0.704. The Labute approximate surface area is 170 Å². The average molecular weight is 404 g/mol. The van der Waals surface area contributed by atoms with Gasteiger partial charge in [-0.2, -0.15) is 0 Å². The molecule has 0 heterocycles. The summed E-state index contributed by atoms with van der Waals surface area (Å²) in [6, 6.07) is 9.38. The molecule has 1 aliphatic carbocycles. The molecule has 0 bridgehead atoms. The van der Waals surface area contributed by atoms with Crippen molar-refractivity contribution in [2.24, 2.45) is 0 Å². The van der Waals surface area contributed by atoms with Crippen LogP contribution in [-0.4, -0.2) is 26.2 Å². The number of fused-ring (bicyclic) bond motifs is 1. The van der Waals surface area contributed by atoms with Crippen molar-refractivity contribution in [1.29, 1.82) is 0 Å². The van der Waals surface area contributed by atoms with Crippen LogP contribution in [-0.2, 0) is 17.6 Å². The van der Waals surface area contributed by atoms with Crippen molar-refractivity contribution in [3.63, 3.8) is 0 Å². The van der Waals surface area contributed by atoms with Crippen molar-refractivity contribution in [3.8, 4) is 17.2 Å². The number of anilines is 1. The fourth-order valence-corrected chi connectivity index (χ4v) is 3.67. The van der Waals surface area contributed by atoms with Crippen LogP contribution in [0.2, 0.25) is 5.02 Å². The summed E-state index contributed by atoms with van der Waals surface area (Å²) in [5.74, 6) is 1.40. The van der Waals surface area contributed by atoms with Crippen LogP contribution in [0.3, 0.4) is 0 Å². The number of amides is 1. The van der Waals surface area contributed by atoms with Crippen LogP contribution in [0.25, 0.3) is 0 Å². The Morgan fingerprint density at radius 3 is 2.46 bits per heavy atom. The van der Waals surface area contributed by atoms with Crippen LogP contribution in [0.5, 0.6) is 17.2 Å². The van der Waals surface area contributed by atoms with Gasteiger partial charge in [0.2, 0.25) is 0 Å². The minimum atomic E-state index is -0.618. The Morgan fingerprint density at radius 2 is 1.79 bits per heavy atom. The summed E-state index contributed by atoms with van der Waals surface area (Å²) >= 11 is 6.13. The second-order valence-electron chi connectivity index (χ2n) is 6.83. The van der Waals surface area contributed by atoms with Gasteiger partial charge in [-0.25, -0.2) is 0 Å². The number of carbonyl (C=O) groups excluding carboxylic acids is 1. The van der Waals surface area contributed by atoms with E-state index in [-0.39, 0.29) is 5.91 Å². The van der Waals surface area contributed by atoms with Crippen molar-refractivity contribution < 1.29 is 19.0 Å². The number of aryl methyl sites for hydroxylation is 2. The van der Waals surface area contributed by atoms with Gasteiger partial charge >= 0.3 is 0 Å². The molecule has 3 rings (SSSR count). The van der Waals surface area contributed by atoms with Crippen molar-refractivity contribution in [1.82, 2.24) is 0 Å². The number of halogens is 1. The van der Waals surface area contributed by atoms with E-state index in [9.17, 15) is 4.79 Å². The summed E-state index contributed by atoms with van der Waals surface area (Å²) < 4.78 is 16.6. The van der Waals surface area contributed by atoms with Crippen LogP contribution >= 0.6 is 11.6 Å². The summed E-state index contributed by atoms with van der Waals surface area (Å²) in [4.78, 5) is 12.8. The van der Waals surface area contributed by atoms with Gasteiger partial charge in [0.05, 0.1) is 24.9 Å². The molecule has 2 aromatic rings. The number of nitrogens with one attached hydrogen (secondary N) is 1. The monoisotopic (exact) mass is 403 g/mol. The predicted molar refractivity (Wildman–Crippen MR) is 111 cm³/mol. The molecule has 6 heteroatoms. The van der Waals surface area contributed by atoms with Crippen LogP contribution < -0.4 is 19.5 Å². The maximum absolute atomic E-state index is 12.8. The second-order valence-corrected chi connectivity index (χ2v) is 7.24. The molecule has 0 radical (unpaired) electrons. The average Bonchev–Trinajstić information content (AvgIpc) is 2.72. The van der Waals surface area contributed by atoms with Gasteiger partial charge in [0, 0.05) is 12.1 Å². The Kier molecular flexibility index (Phi) is 6.68. The fraction of sp³-hybridized carbons (Fsp3) is 0.409. The molecule has 1 amide bonds. The molecule has 5 nitrogen and oxygen atoms in total. The van der Waals surface area contributed by atoms with E-state index in [0.717, 1.165) is 18.6 Å². The zero-order valence-electron chi connectivity index (χ0n) is 16.5. The zero-order chi connectivity index (χ0) is 20.1. The van der Waals surface area contributed by atoms with E-state index in [1.54, 1.807) is 12.1 Å². The maximum atomic E-state index is 12.8. The molecule has 150 valence electrons. The molecule has 0 aliphatic heterocycles. The first-order valence-electron chi connectivity index (χ1n) is 9.56. The highest BCUT2D eigenvalue weighted by Gasteiger charge is 2.22. The SMILES string of the molecule is CC[C@H](Oc1ccc2c(c1)CCCC2)C(=O)Nc1cc(OC)c(Cl)cc1OC. The largest absolute Gasteiger partial charge is 0.495 e. The minimum Gasteiger partial charge on any atom is -0.495 e. The molecule has 28 heavy (non-hydrogen) atoms. The minimum absolute atomic E-state index is 0.247. The van der Waals surface area contributed by atoms with E-state index in [4.69, 9.17) is 25.8 Å². The molecule has 0 spiro atoms. The van der Waals surface area contributed by atoms with Gasteiger partial charge in [-0.05, 0) is 55.4 Å². The summed E-state index contributed by atoms with van der Waals surface area (Å²) in [6.07, 6.45) is 4.54. The molecule has 1 N–H and O–H groups in total. The summed E-state index contributed by atoms with van der Waals surface area (Å²) in [5.41, 5.74) is 3.19. The van der Waals surface area contributed by atoms with Crippen molar-refractivity contribution in [3.05, 3.63) is 46.5 Å². The van der Waals surface area contributed by atoms with E-state index in [1.165, 1.54) is 38.2 Å². The smallest absolute Gasteiger partial charge is 0.265 e. The third kappa shape index (κ3) is 4.53. The van der Waals surface area contributed by atoms with E-state index >= 15 is 0 Å². The Morgan fingerprint density at radius 1 is 1.07 bits per heavy atom. The third-order valence-corrected chi connectivity index (χ3v) is 5.29. The number of rotatable bonds is 7. The van der Waals surface area contributed by atoms with Crippen molar-refractivity contribution >= 4 is 23.2 Å². The maximum Gasteiger partial charge on any atom is 0.265 e. The van der Waals surface area contributed by atoms with Crippen molar-refractivity contribution in [2.45, 2.75) is 45.1 Å². The molecule has 1 aliphatic rings. The first-order chi connectivity index (χ1) is 13.5. The molecular formula is C22H26ClNO4. The lowest BCUT2D eigenvalue weighted by Crippen LogP contribution is -2.32. The fourth-order valence-electron chi connectivity index (χ4n) is 3.44. The third-order valence-electron chi connectivity index (χ3n) is 4.99. The summed E-state index contributed by atoms with van der Waals surface area (Å²) in [6.45, 7) is 1.92. The molecule has 0 unspecified atom stereocenters. The van der Waals surface area contributed by atoms with Gasteiger partial charge in [0.25, 0.3) is 5.91 Å². The summed E-state index contributed by atoms with van der Waals surface area (Å²) in [7, 11) is 3.04. The highest BCUT2D eigenvalue weighted by Crippen LogP contribution is 2.36. The summed E-state index contributed by atoms with van der Waals surface area (Å²) in [5, 5.41) is 3.28. The second kappa shape index (κ2) is 9.20. The van der Waals surface area contributed by atoms with E-state index in [0.29, 0.717) is 28.6 Å². The number of benzene rings is 2. The van der Waals surface area contributed by atoms with Crippen LogP contribution in [0, 0.1) is 0 Å². The normalized spacial score (nSPS) is 14.0. The van der Waals surface area contributed by atoms with Gasteiger partial charge in [-0.15, -0.1) is 0 Å². The Bertz CT molecular complexity index is 853. The lowest BCUT2D eigenvalue weighted by molar-refractivity contribution is -0.122. The predicted octanol–water partition coefficient (Wildman–Crippen LogP) is 5.03. The molecule has 1 atom stereocenters. The number of carbonyl (C=O) groups is 1. The van der Waals surface area contributed by atoms with Crippen molar-refractivity contribution in [2.75, 3.05) is 19.5 Å². The molecule has 2 aromatic carbocycles. The standard InChI is InChI=1S/C22H26ClNO4/c1-4-19(28-16-10-9-14-7-5-6-8-15(14)11-16)22(25)24-18-13-20(26-2)17(23)12-21(18)27-3/h9-13,19H,4-8H2,1-3H3,(H,24,25)/t19-/m0/s1. The van der Waals surface area contributed by atoms with Crippen LogP contribution in [0.15, 0.2) is 30.3 Å². The number of hydrogen-bond donors (Lipinski definition) is 1. The Hall–Kier alpha value is -2.40. The molecule has 0 saturated heterocycles. The lowest BCUT2D eigenvalue weighted by Gasteiger charge is -2.21. The van der Waals surface area contributed by atoms with E-state index < -0.39 is 6.10 Å². The number of methoxy groups -OCH3 is 2. The molecule has 0 fully saturated rings. The first-order valence-corrected chi connectivity index (χ1v) is 9.94. The topological polar surface area (TPSA) is 56.8 Å². The highest BCUT2D eigenvalue weighted by molar-refractivity contribution is 6.32. The van der Waals surface area contributed by atoms with Crippen LogP contribution in [0.4, 0.5) is 5.69 Å². The highest BCUT2D eigenvalue weighted by atomic mass is 35.5. The van der Waals surface area contributed by atoms with Crippen LogP contribution in [0.1, 0.15) is 37.3 Å². The lowest BCUT2D eigenvalue weighted by atomic mass is 9.92. The Balaban J connectivity index is 1.75. The van der Waals surface area contributed by atoms with Gasteiger partial charge < -0.3 is 19.5 Å². The van der Waals surface area contributed by atoms with E-state index in [1.807, 2.05) is 13.0 Å². The molecule has 0 aromatic heterocycles. The van der Waals surface area contributed by atoms with Gasteiger partial charge in [0.1, 0.15) is 17.2 Å². The first kappa shape index (κ1) is 20.3. The zero-order valence-corrected chi connectivity index (χ0v) is 17.3. The number of ether oxygens (including phenoxy) is 3. The van der Waals surface area contributed by atoms with E-state index in [2.05, 4.69) is 17.4 Å². The van der Waals surface area contributed by atoms with Gasteiger partial charge in [-0.3, -0.25) is 4.79 Å². The van der Waals surface area contributed by atoms with Gasteiger partial charge in [0.15, 0.2) is 6.10 Å². The van der Waals surface area contributed by atoms with Gasteiger partial charge in [-0.1, -0.05) is 24.6 Å².